The third kappa shape index (κ3) is 3.20. The molecule has 0 bridgehead atoms. The fourth-order valence-corrected chi connectivity index (χ4v) is 2.39. The second-order valence-corrected chi connectivity index (χ2v) is 4.63. The van der Waals surface area contributed by atoms with E-state index in [0.29, 0.717) is 28.0 Å². The number of nitrogens with zero attached hydrogens (tertiary/aromatic N) is 1. The topological polar surface area (TPSA) is 57.6 Å². The number of halogens is 2. The van der Waals surface area contributed by atoms with E-state index >= 15 is 0 Å². The average Bonchev–Trinajstić information content (AvgIpc) is 2.26. The molecule has 1 atom stereocenters. The fourth-order valence-electron chi connectivity index (χ4n) is 1.49. The summed E-state index contributed by atoms with van der Waals surface area (Å²) >= 11 is 9.04. The molecular weight excluding hydrogens is 309 g/mol. The lowest BCUT2D eigenvalue weighted by Gasteiger charge is -2.24. The van der Waals surface area contributed by atoms with E-state index in [1.165, 1.54) is 4.90 Å². The summed E-state index contributed by atoms with van der Waals surface area (Å²) in [6, 6.07) is 3.78. The lowest BCUT2D eigenvalue weighted by atomic mass is 10.1. The van der Waals surface area contributed by atoms with Crippen molar-refractivity contribution in [1.82, 2.24) is 4.90 Å². The van der Waals surface area contributed by atoms with E-state index in [2.05, 4.69) is 15.9 Å². The van der Waals surface area contributed by atoms with Gasteiger partial charge in [0.15, 0.2) is 6.04 Å². The number of benzene rings is 1. The van der Waals surface area contributed by atoms with Gasteiger partial charge in [-0.1, -0.05) is 33.6 Å². The van der Waals surface area contributed by atoms with Crippen LogP contribution in [0.1, 0.15) is 18.5 Å². The Balaban J connectivity index is 3.22. The SMILES string of the molecule is CCN(C=O)C(C(=O)O)c1ccc(Cl)cc1Br. The van der Waals surface area contributed by atoms with Gasteiger partial charge in [0, 0.05) is 21.6 Å². The van der Waals surface area contributed by atoms with Crippen molar-refractivity contribution >= 4 is 39.9 Å². The lowest BCUT2D eigenvalue weighted by Crippen LogP contribution is -2.33. The number of carboxylic acids is 1. The van der Waals surface area contributed by atoms with Crippen molar-refractivity contribution in [2.75, 3.05) is 6.54 Å². The number of amides is 1. The van der Waals surface area contributed by atoms with Gasteiger partial charge in [0.1, 0.15) is 0 Å². The molecule has 1 rings (SSSR count). The van der Waals surface area contributed by atoms with Gasteiger partial charge < -0.3 is 10.0 Å². The van der Waals surface area contributed by atoms with Gasteiger partial charge >= 0.3 is 5.97 Å². The van der Waals surface area contributed by atoms with E-state index in [1.54, 1.807) is 25.1 Å². The smallest absolute Gasteiger partial charge is 0.331 e. The molecule has 1 N–H and O–H groups in total. The highest BCUT2D eigenvalue weighted by atomic mass is 79.9. The molecule has 1 amide bonds. The predicted octanol–water partition coefficient (Wildman–Crippen LogP) is 2.71. The molecule has 0 spiro atoms. The first kappa shape index (κ1) is 14.0. The normalized spacial score (nSPS) is 11.9. The van der Waals surface area contributed by atoms with E-state index in [1.807, 2.05) is 0 Å². The molecule has 0 aliphatic heterocycles. The Morgan fingerprint density at radius 3 is 2.71 bits per heavy atom. The fraction of sp³-hybridized carbons (Fsp3) is 0.273. The second kappa shape index (κ2) is 6.02. The van der Waals surface area contributed by atoms with Crippen LogP contribution in [0.2, 0.25) is 5.02 Å². The molecule has 0 aliphatic carbocycles. The molecule has 1 aromatic rings. The lowest BCUT2D eigenvalue weighted by molar-refractivity contribution is -0.146. The molecule has 17 heavy (non-hydrogen) atoms. The summed E-state index contributed by atoms with van der Waals surface area (Å²) in [6.45, 7) is 2.03. The van der Waals surface area contributed by atoms with Gasteiger partial charge in [-0.05, 0) is 19.1 Å². The summed E-state index contributed by atoms with van der Waals surface area (Å²) in [7, 11) is 0. The maximum atomic E-state index is 11.2. The molecule has 0 saturated heterocycles. The van der Waals surface area contributed by atoms with Crippen LogP contribution in [0.15, 0.2) is 22.7 Å². The van der Waals surface area contributed by atoms with E-state index in [4.69, 9.17) is 11.6 Å². The van der Waals surface area contributed by atoms with Crippen LogP contribution in [-0.2, 0) is 9.59 Å². The minimum Gasteiger partial charge on any atom is -0.479 e. The van der Waals surface area contributed by atoms with Gasteiger partial charge in [-0.3, -0.25) is 4.79 Å². The van der Waals surface area contributed by atoms with Crippen molar-refractivity contribution in [2.24, 2.45) is 0 Å². The van der Waals surface area contributed by atoms with Gasteiger partial charge in [-0.15, -0.1) is 0 Å². The minimum absolute atomic E-state index is 0.315. The minimum atomic E-state index is -1.08. The summed E-state index contributed by atoms with van der Waals surface area (Å²) in [4.78, 5) is 23.3. The molecule has 0 saturated carbocycles. The number of carbonyl (C=O) groups is 2. The highest BCUT2D eigenvalue weighted by molar-refractivity contribution is 9.10. The van der Waals surface area contributed by atoms with Crippen LogP contribution in [0, 0.1) is 0 Å². The molecule has 1 unspecified atom stereocenters. The van der Waals surface area contributed by atoms with Crippen molar-refractivity contribution in [2.45, 2.75) is 13.0 Å². The number of likely N-dealkylation sites (N-methyl/N-ethyl adjacent to an activating group) is 1. The van der Waals surface area contributed by atoms with Crippen molar-refractivity contribution in [3.05, 3.63) is 33.3 Å². The molecule has 0 radical (unpaired) electrons. The highest BCUT2D eigenvalue weighted by Gasteiger charge is 2.27. The molecule has 0 fully saturated rings. The second-order valence-electron chi connectivity index (χ2n) is 3.34. The predicted molar refractivity (Wildman–Crippen MR) is 68.0 cm³/mol. The Bertz CT molecular complexity index is 439. The maximum Gasteiger partial charge on any atom is 0.331 e. The first-order valence-electron chi connectivity index (χ1n) is 4.90. The van der Waals surface area contributed by atoms with E-state index in [9.17, 15) is 14.7 Å². The standard InChI is InChI=1S/C11H11BrClNO3/c1-2-14(6-15)10(11(16)17)8-4-3-7(13)5-9(8)12/h3-6,10H,2H2,1H3,(H,16,17). The van der Waals surface area contributed by atoms with E-state index in [0.717, 1.165) is 0 Å². The highest BCUT2D eigenvalue weighted by Crippen LogP contribution is 2.29. The molecule has 1 aromatic carbocycles. The number of carbonyl (C=O) groups excluding carboxylic acids is 1. The van der Waals surface area contributed by atoms with Crippen LogP contribution < -0.4 is 0 Å². The van der Waals surface area contributed by atoms with Crippen LogP contribution in [0.4, 0.5) is 0 Å². The van der Waals surface area contributed by atoms with Crippen molar-refractivity contribution in [3.63, 3.8) is 0 Å². The summed E-state index contributed by atoms with van der Waals surface area (Å²) < 4.78 is 0.567. The zero-order chi connectivity index (χ0) is 13.0. The quantitative estimate of drug-likeness (QED) is 0.849. The van der Waals surface area contributed by atoms with E-state index < -0.39 is 12.0 Å². The Morgan fingerprint density at radius 2 is 2.29 bits per heavy atom. The maximum absolute atomic E-state index is 11.2. The van der Waals surface area contributed by atoms with Gasteiger partial charge in [0.2, 0.25) is 6.41 Å². The Kier molecular flexibility index (Phi) is 4.96. The average molecular weight is 321 g/mol. The van der Waals surface area contributed by atoms with Gasteiger partial charge in [-0.2, -0.15) is 0 Å². The van der Waals surface area contributed by atoms with Crippen LogP contribution in [0.25, 0.3) is 0 Å². The number of hydrogen-bond donors (Lipinski definition) is 1. The molecule has 0 aromatic heterocycles. The number of aliphatic carboxylic acids is 1. The summed E-state index contributed by atoms with van der Waals surface area (Å²) in [5, 5.41) is 9.70. The number of rotatable bonds is 5. The van der Waals surface area contributed by atoms with Crippen LogP contribution >= 0.6 is 27.5 Å². The Hall–Kier alpha value is -1.07. The van der Waals surface area contributed by atoms with Gasteiger partial charge in [0.25, 0.3) is 0 Å². The summed E-state index contributed by atoms with van der Waals surface area (Å²) in [5.74, 6) is -1.08. The summed E-state index contributed by atoms with van der Waals surface area (Å²) in [5.41, 5.74) is 0.496. The van der Waals surface area contributed by atoms with Crippen molar-refractivity contribution in [3.8, 4) is 0 Å². The molecule has 4 nitrogen and oxygen atoms in total. The van der Waals surface area contributed by atoms with Crippen LogP contribution in [0.5, 0.6) is 0 Å². The zero-order valence-electron chi connectivity index (χ0n) is 9.06. The summed E-state index contributed by atoms with van der Waals surface area (Å²) in [6.07, 6.45) is 0.528. The number of carboxylic acid groups (broad SMARTS) is 1. The zero-order valence-corrected chi connectivity index (χ0v) is 11.4. The van der Waals surface area contributed by atoms with E-state index in [-0.39, 0.29) is 0 Å². The molecule has 92 valence electrons. The van der Waals surface area contributed by atoms with Crippen molar-refractivity contribution in [1.29, 1.82) is 0 Å². The Labute approximate surface area is 112 Å². The largest absolute Gasteiger partial charge is 0.479 e. The van der Waals surface area contributed by atoms with Gasteiger partial charge in [0.05, 0.1) is 0 Å². The third-order valence-electron chi connectivity index (χ3n) is 2.32. The first-order chi connectivity index (χ1) is 8.01. The first-order valence-corrected chi connectivity index (χ1v) is 6.07. The third-order valence-corrected chi connectivity index (χ3v) is 3.25. The monoisotopic (exact) mass is 319 g/mol. The number of hydrogen-bond acceptors (Lipinski definition) is 2. The molecule has 0 heterocycles. The van der Waals surface area contributed by atoms with Gasteiger partial charge in [-0.25, -0.2) is 4.79 Å². The van der Waals surface area contributed by atoms with Crippen LogP contribution in [0.3, 0.4) is 0 Å². The van der Waals surface area contributed by atoms with Crippen LogP contribution in [-0.4, -0.2) is 28.9 Å². The van der Waals surface area contributed by atoms with Crippen molar-refractivity contribution < 1.29 is 14.7 Å². The molecular formula is C11H11BrClNO3. The Morgan fingerprint density at radius 1 is 1.65 bits per heavy atom. The molecule has 0 aliphatic rings. The molecule has 6 heteroatoms.